The second-order valence-electron chi connectivity index (χ2n) is 7.53. The third-order valence-corrected chi connectivity index (χ3v) is 5.38. The molecule has 0 aromatic heterocycles. The van der Waals surface area contributed by atoms with E-state index in [4.69, 9.17) is 14.7 Å². The van der Waals surface area contributed by atoms with Crippen molar-refractivity contribution in [1.82, 2.24) is 10.6 Å². The van der Waals surface area contributed by atoms with E-state index in [0.29, 0.717) is 30.9 Å². The summed E-state index contributed by atoms with van der Waals surface area (Å²) in [5, 5.41) is 24.4. The van der Waals surface area contributed by atoms with Gasteiger partial charge in [-0.05, 0) is 47.9 Å². The van der Waals surface area contributed by atoms with Gasteiger partial charge >= 0.3 is 0 Å². The van der Waals surface area contributed by atoms with Crippen molar-refractivity contribution < 1.29 is 18.7 Å². The third-order valence-electron chi connectivity index (χ3n) is 5.38. The van der Waals surface area contributed by atoms with E-state index in [1.807, 2.05) is 18.2 Å². The van der Waals surface area contributed by atoms with Gasteiger partial charge in [0.25, 0.3) is 5.91 Å². The Morgan fingerprint density at radius 3 is 2.97 bits per heavy atom. The number of hydrogen-bond donors (Lipinski definition) is 2. The van der Waals surface area contributed by atoms with E-state index in [1.54, 1.807) is 6.07 Å². The summed E-state index contributed by atoms with van der Waals surface area (Å²) in [5.74, 6) is -0.304. The van der Waals surface area contributed by atoms with Crippen LogP contribution < -0.4 is 15.4 Å². The predicted octanol–water partition coefficient (Wildman–Crippen LogP) is 2.19. The molecule has 8 heteroatoms. The molecule has 0 aliphatic carbocycles. The van der Waals surface area contributed by atoms with E-state index in [-0.39, 0.29) is 18.1 Å². The quantitative estimate of drug-likeness (QED) is 0.785. The number of nitrogens with one attached hydrogen (secondary N) is 2. The Balaban J connectivity index is 1.49. The van der Waals surface area contributed by atoms with Crippen LogP contribution in [0.5, 0.6) is 5.75 Å². The van der Waals surface area contributed by atoms with E-state index in [9.17, 15) is 14.4 Å². The summed E-state index contributed by atoms with van der Waals surface area (Å²) in [4.78, 5) is 12.5. The number of hydrogen-bond acceptors (Lipinski definition) is 6. The highest BCUT2D eigenvalue weighted by atomic mass is 19.1. The maximum atomic E-state index is 14.1. The molecule has 1 amide bonds. The molecule has 31 heavy (non-hydrogen) atoms. The normalized spacial score (nSPS) is 18.2. The first kappa shape index (κ1) is 20.8. The van der Waals surface area contributed by atoms with Crippen LogP contribution in [-0.4, -0.2) is 37.7 Å². The van der Waals surface area contributed by atoms with Crippen LogP contribution in [0.3, 0.4) is 0 Å². The van der Waals surface area contributed by atoms with Crippen molar-refractivity contribution in [2.75, 3.05) is 19.7 Å². The van der Waals surface area contributed by atoms with Gasteiger partial charge in [-0.25, -0.2) is 4.39 Å². The van der Waals surface area contributed by atoms with Gasteiger partial charge in [0.2, 0.25) is 0 Å². The standard InChI is InChI=1S/C23H21FN4O3/c24-20-9-19-16(8-15(20)10-25)13-31-21-7-14(2-3-18(19)21)6-17(11-26)28-23(29)22-12-27-4-1-5-30-22/h2-3,7-9,17,22,27H,1,4-6,12-13H2,(H,28,29)/t17?,22-/m0/s1. The first-order valence-electron chi connectivity index (χ1n) is 10.1. The first-order chi connectivity index (χ1) is 15.1. The van der Waals surface area contributed by atoms with Crippen molar-refractivity contribution in [3.05, 3.63) is 52.8 Å². The highest BCUT2D eigenvalue weighted by molar-refractivity contribution is 5.81. The second-order valence-corrected chi connectivity index (χ2v) is 7.53. The molecule has 2 aliphatic rings. The number of rotatable bonds is 4. The molecule has 0 bridgehead atoms. The fourth-order valence-corrected chi connectivity index (χ4v) is 3.78. The molecular formula is C23H21FN4O3. The van der Waals surface area contributed by atoms with Crippen LogP contribution in [0.2, 0.25) is 0 Å². The van der Waals surface area contributed by atoms with E-state index in [2.05, 4.69) is 16.7 Å². The van der Waals surface area contributed by atoms with Gasteiger partial charge in [-0.3, -0.25) is 4.79 Å². The molecule has 158 valence electrons. The molecule has 2 N–H and O–H groups in total. The molecule has 2 atom stereocenters. The maximum Gasteiger partial charge on any atom is 0.251 e. The van der Waals surface area contributed by atoms with E-state index in [1.165, 1.54) is 12.1 Å². The Morgan fingerprint density at radius 1 is 1.29 bits per heavy atom. The lowest BCUT2D eigenvalue weighted by molar-refractivity contribution is -0.132. The summed E-state index contributed by atoms with van der Waals surface area (Å²) in [6.07, 6.45) is 0.522. The van der Waals surface area contributed by atoms with Gasteiger partial charge in [-0.15, -0.1) is 0 Å². The van der Waals surface area contributed by atoms with Crippen LogP contribution in [0.15, 0.2) is 30.3 Å². The zero-order valence-electron chi connectivity index (χ0n) is 16.8. The molecule has 0 spiro atoms. The summed E-state index contributed by atoms with van der Waals surface area (Å²) in [6.45, 7) is 1.94. The van der Waals surface area contributed by atoms with Gasteiger partial charge in [0.1, 0.15) is 36.4 Å². The van der Waals surface area contributed by atoms with Gasteiger partial charge in [-0.1, -0.05) is 12.1 Å². The average Bonchev–Trinajstić information content (AvgIpc) is 3.07. The zero-order valence-corrected chi connectivity index (χ0v) is 16.8. The molecule has 2 aliphatic heterocycles. The Bertz CT molecular complexity index is 1080. The Labute approximate surface area is 179 Å². The highest BCUT2D eigenvalue weighted by Crippen LogP contribution is 2.39. The number of halogens is 1. The lowest BCUT2D eigenvalue weighted by atomic mass is 9.93. The van der Waals surface area contributed by atoms with Crippen molar-refractivity contribution in [2.24, 2.45) is 0 Å². The molecule has 4 rings (SSSR count). The van der Waals surface area contributed by atoms with Gasteiger partial charge in [0.05, 0.1) is 11.6 Å². The van der Waals surface area contributed by atoms with Crippen molar-refractivity contribution >= 4 is 5.91 Å². The number of benzene rings is 2. The fourth-order valence-electron chi connectivity index (χ4n) is 3.78. The highest BCUT2D eigenvalue weighted by Gasteiger charge is 2.24. The molecule has 2 aromatic rings. The molecular weight excluding hydrogens is 399 g/mol. The number of nitrogens with zero attached hydrogens (tertiary/aromatic N) is 2. The summed E-state index contributed by atoms with van der Waals surface area (Å²) in [5.41, 5.74) is 2.96. The monoisotopic (exact) mass is 420 g/mol. The number of amides is 1. The molecule has 1 fully saturated rings. The molecule has 1 saturated heterocycles. The summed E-state index contributed by atoms with van der Waals surface area (Å²) in [6, 6.07) is 11.5. The van der Waals surface area contributed by atoms with Crippen molar-refractivity contribution in [3.8, 4) is 29.0 Å². The molecule has 1 unspecified atom stereocenters. The van der Waals surface area contributed by atoms with Crippen LogP contribution >= 0.6 is 0 Å². The Kier molecular flexibility index (Phi) is 6.13. The lowest BCUT2D eigenvalue weighted by Crippen LogP contribution is -2.46. The third kappa shape index (κ3) is 4.51. The summed E-state index contributed by atoms with van der Waals surface area (Å²) < 4.78 is 25.5. The second kappa shape index (κ2) is 9.13. The van der Waals surface area contributed by atoms with Gasteiger partial charge < -0.3 is 20.1 Å². The van der Waals surface area contributed by atoms with Crippen molar-refractivity contribution in [2.45, 2.75) is 31.6 Å². The van der Waals surface area contributed by atoms with Crippen molar-refractivity contribution in [3.63, 3.8) is 0 Å². The number of carbonyl (C=O) groups is 1. The Hall–Kier alpha value is -3.46. The van der Waals surface area contributed by atoms with Crippen LogP contribution in [0.25, 0.3) is 11.1 Å². The van der Waals surface area contributed by atoms with Crippen LogP contribution in [0, 0.1) is 28.5 Å². The fraction of sp³-hybridized carbons (Fsp3) is 0.348. The minimum atomic E-state index is -0.719. The van der Waals surface area contributed by atoms with Gasteiger partial charge in [0, 0.05) is 25.1 Å². The number of fused-ring (bicyclic) bond motifs is 3. The van der Waals surface area contributed by atoms with Crippen LogP contribution in [0.1, 0.15) is 23.1 Å². The summed E-state index contributed by atoms with van der Waals surface area (Å²) >= 11 is 0. The molecule has 0 saturated carbocycles. The number of carbonyl (C=O) groups excluding carboxylic acids is 1. The minimum Gasteiger partial charge on any atom is -0.488 e. The Morgan fingerprint density at radius 2 is 2.16 bits per heavy atom. The van der Waals surface area contributed by atoms with E-state index in [0.717, 1.165) is 29.7 Å². The largest absolute Gasteiger partial charge is 0.488 e. The number of nitriles is 2. The lowest BCUT2D eigenvalue weighted by Gasteiger charge is -2.22. The molecule has 2 aromatic carbocycles. The zero-order chi connectivity index (χ0) is 21.8. The molecule has 2 heterocycles. The maximum absolute atomic E-state index is 14.1. The first-order valence-corrected chi connectivity index (χ1v) is 10.1. The van der Waals surface area contributed by atoms with Crippen molar-refractivity contribution in [1.29, 1.82) is 10.5 Å². The topological polar surface area (TPSA) is 107 Å². The van der Waals surface area contributed by atoms with Crippen LogP contribution in [0.4, 0.5) is 4.39 Å². The van der Waals surface area contributed by atoms with E-state index >= 15 is 0 Å². The average molecular weight is 420 g/mol. The smallest absolute Gasteiger partial charge is 0.251 e. The SMILES string of the molecule is N#Cc1cc2c(cc1F)-c1ccc(CC(C#N)NC(=O)[C@@H]3CNCCCO3)cc1OC2. The van der Waals surface area contributed by atoms with E-state index < -0.39 is 18.0 Å². The predicted molar refractivity (Wildman–Crippen MR) is 109 cm³/mol. The van der Waals surface area contributed by atoms with Crippen LogP contribution in [-0.2, 0) is 22.6 Å². The summed E-state index contributed by atoms with van der Waals surface area (Å²) in [7, 11) is 0. The molecule has 7 nitrogen and oxygen atoms in total. The van der Waals surface area contributed by atoms with Gasteiger partial charge in [-0.2, -0.15) is 10.5 Å². The molecule has 0 radical (unpaired) electrons. The minimum absolute atomic E-state index is 0.0112. The number of ether oxygens (including phenoxy) is 2. The van der Waals surface area contributed by atoms with Gasteiger partial charge in [0.15, 0.2) is 0 Å².